The number of benzene rings is 1. The number of hydrogen-bond donors (Lipinski definition) is 2. The van der Waals surface area contributed by atoms with E-state index in [1.54, 1.807) is 10.6 Å². The first-order chi connectivity index (χ1) is 10.2. The Labute approximate surface area is 124 Å². The number of para-hydroxylation sites is 1. The van der Waals surface area contributed by atoms with Gasteiger partial charge < -0.3 is 15.2 Å². The number of piperidine rings is 1. The van der Waals surface area contributed by atoms with Crippen molar-refractivity contribution in [3.63, 3.8) is 0 Å². The van der Waals surface area contributed by atoms with E-state index in [0.717, 1.165) is 29.4 Å². The molecule has 4 rings (SSSR count). The standard InChI is InChI=1S/C17H21N3O/c1-20-16-5-3-2-4-14(16)15(10-17(20)21)19-13-8-11-6-7-12(9-13)18-11/h2-5,10-13,18-19H,6-9H2,1H3. The lowest BCUT2D eigenvalue weighted by Gasteiger charge is -2.30. The van der Waals surface area contributed by atoms with Gasteiger partial charge in [-0.15, -0.1) is 0 Å². The molecule has 0 saturated carbocycles. The predicted molar refractivity (Wildman–Crippen MR) is 85.8 cm³/mol. The Hall–Kier alpha value is -1.81. The SMILES string of the molecule is Cn1c(=O)cc(NC2CC3CCC(C2)N3)c2ccccc21. The summed E-state index contributed by atoms with van der Waals surface area (Å²) < 4.78 is 1.71. The van der Waals surface area contributed by atoms with Gasteiger partial charge in [-0.1, -0.05) is 18.2 Å². The molecule has 0 radical (unpaired) electrons. The lowest BCUT2D eigenvalue weighted by molar-refractivity contribution is 0.378. The van der Waals surface area contributed by atoms with Crippen LogP contribution in [0.25, 0.3) is 10.9 Å². The van der Waals surface area contributed by atoms with E-state index in [1.165, 1.54) is 12.8 Å². The van der Waals surface area contributed by atoms with Crippen molar-refractivity contribution in [1.29, 1.82) is 0 Å². The summed E-state index contributed by atoms with van der Waals surface area (Å²) in [5, 5.41) is 8.43. The molecule has 3 heterocycles. The molecule has 4 nitrogen and oxygen atoms in total. The molecule has 2 fully saturated rings. The second kappa shape index (κ2) is 4.88. The molecule has 2 aliphatic rings. The van der Waals surface area contributed by atoms with E-state index in [1.807, 2.05) is 25.2 Å². The van der Waals surface area contributed by atoms with Crippen LogP contribution in [0.2, 0.25) is 0 Å². The lowest BCUT2D eigenvalue weighted by atomic mass is 9.99. The summed E-state index contributed by atoms with van der Waals surface area (Å²) in [4.78, 5) is 12.1. The zero-order valence-corrected chi connectivity index (χ0v) is 12.3. The van der Waals surface area contributed by atoms with Crippen LogP contribution in [0.1, 0.15) is 25.7 Å². The molecule has 2 saturated heterocycles. The third kappa shape index (κ3) is 2.23. The van der Waals surface area contributed by atoms with Crippen LogP contribution in [0.15, 0.2) is 35.1 Å². The van der Waals surface area contributed by atoms with Gasteiger partial charge in [-0.2, -0.15) is 0 Å². The molecule has 2 aliphatic heterocycles. The number of pyridine rings is 1. The van der Waals surface area contributed by atoms with Gasteiger partial charge in [0, 0.05) is 42.3 Å². The molecule has 4 heteroatoms. The summed E-state index contributed by atoms with van der Waals surface area (Å²) in [5.74, 6) is 0. The van der Waals surface area contributed by atoms with Gasteiger partial charge in [0.25, 0.3) is 5.56 Å². The van der Waals surface area contributed by atoms with Gasteiger partial charge in [-0.3, -0.25) is 4.79 Å². The molecule has 2 atom stereocenters. The van der Waals surface area contributed by atoms with Gasteiger partial charge >= 0.3 is 0 Å². The van der Waals surface area contributed by atoms with Crippen molar-refractivity contribution in [1.82, 2.24) is 9.88 Å². The number of fused-ring (bicyclic) bond motifs is 3. The molecule has 2 bridgehead atoms. The number of nitrogens with one attached hydrogen (secondary N) is 2. The molecule has 1 aromatic heterocycles. The van der Waals surface area contributed by atoms with Gasteiger partial charge in [0.15, 0.2) is 0 Å². The first-order valence-corrected chi connectivity index (χ1v) is 7.82. The normalized spacial score (nSPS) is 28.0. The minimum absolute atomic E-state index is 0.0492. The van der Waals surface area contributed by atoms with Crippen LogP contribution in [0.3, 0.4) is 0 Å². The average molecular weight is 283 g/mol. The average Bonchev–Trinajstić information content (AvgIpc) is 2.83. The largest absolute Gasteiger partial charge is 0.381 e. The molecule has 1 aromatic carbocycles. The maximum absolute atomic E-state index is 12.1. The third-order valence-electron chi connectivity index (χ3n) is 4.99. The van der Waals surface area contributed by atoms with Gasteiger partial charge in [0.1, 0.15) is 0 Å². The second-order valence-corrected chi connectivity index (χ2v) is 6.42. The van der Waals surface area contributed by atoms with Crippen molar-refractivity contribution >= 4 is 16.6 Å². The first kappa shape index (κ1) is 12.9. The quantitative estimate of drug-likeness (QED) is 0.888. The fraction of sp³-hybridized carbons (Fsp3) is 0.471. The highest BCUT2D eigenvalue weighted by atomic mass is 16.1. The van der Waals surface area contributed by atoms with Crippen LogP contribution >= 0.6 is 0 Å². The van der Waals surface area contributed by atoms with Crippen molar-refractivity contribution in [2.24, 2.45) is 7.05 Å². The molecular weight excluding hydrogens is 262 g/mol. The van der Waals surface area contributed by atoms with E-state index in [0.29, 0.717) is 18.1 Å². The minimum Gasteiger partial charge on any atom is -0.381 e. The first-order valence-electron chi connectivity index (χ1n) is 7.82. The van der Waals surface area contributed by atoms with Crippen molar-refractivity contribution in [2.75, 3.05) is 5.32 Å². The number of anilines is 1. The highest BCUT2D eigenvalue weighted by Gasteiger charge is 2.33. The fourth-order valence-corrected chi connectivity index (χ4v) is 3.93. The van der Waals surface area contributed by atoms with E-state index >= 15 is 0 Å². The molecule has 0 aliphatic carbocycles. The van der Waals surface area contributed by atoms with Crippen LogP contribution in [0.4, 0.5) is 5.69 Å². The highest BCUT2D eigenvalue weighted by Crippen LogP contribution is 2.30. The summed E-state index contributed by atoms with van der Waals surface area (Å²) >= 11 is 0. The Morgan fingerprint density at radius 3 is 2.67 bits per heavy atom. The second-order valence-electron chi connectivity index (χ2n) is 6.42. The summed E-state index contributed by atoms with van der Waals surface area (Å²) in [7, 11) is 1.83. The monoisotopic (exact) mass is 283 g/mol. The summed E-state index contributed by atoms with van der Waals surface area (Å²) in [5.41, 5.74) is 2.03. The van der Waals surface area contributed by atoms with Crippen molar-refractivity contribution in [3.05, 3.63) is 40.7 Å². The number of aromatic nitrogens is 1. The van der Waals surface area contributed by atoms with Crippen molar-refractivity contribution < 1.29 is 0 Å². The maximum Gasteiger partial charge on any atom is 0.252 e. The van der Waals surface area contributed by atoms with Gasteiger partial charge in [-0.25, -0.2) is 0 Å². The molecule has 2 N–H and O–H groups in total. The van der Waals surface area contributed by atoms with Crippen LogP contribution in [-0.4, -0.2) is 22.7 Å². The number of nitrogens with zero attached hydrogens (tertiary/aromatic N) is 1. The number of rotatable bonds is 2. The van der Waals surface area contributed by atoms with E-state index < -0.39 is 0 Å². The smallest absolute Gasteiger partial charge is 0.252 e. The highest BCUT2D eigenvalue weighted by molar-refractivity contribution is 5.91. The van der Waals surface area contributed by atoms with Crippen LogP contribution in [-0.2, 0) is 7.05 Å². The predicted octanol–water partition coefficient (Wildman–Crippen LogP) is 2.23. The molecule has 2 unspecified atom stereocenters. The van der Waals surface area contributed by atoms with Crippen molar-refractivity contribution in [2.45, 2.75) is 43.8 Å². The Balaban J connectivity index is 1.70. The third-order valence-corrected chi connectivity index (χ3v) is 4.99. The Bertz CT molecular complexity index is 724. The van der Waals surface area contributed by atoms with Crippen LogP contribution in [0.5, 0.6) is 0 Å². The summed E-state index contributed by atoms with van der Waals surface area (Å²) in [6.07, 6.45) is 4.89. The van der Waals surface area contributed by atoms with Gasteiger partial charge in [0.2, 0.25) is 0 Å². The Morgan fingerprint density at radius 1 is 1.19 bits per heavy atom. The number of hydrogen-bond acceptors (Lipinski definition) is 3. The Kier molecular flexibility index (Phi) is 3.00. The molecule has 2 aromatic rings. The van der Waals surface area contributed by atoms with Gasteiger partial charge in [-0.05, 0) is 31.7 Å². The van der Waals surface area contributed by atoms with Crippen LogP contribution in [0, 0.1) is 0 Å². The minimum atomic E-state index is 0.0492. The zero-order valence-electron chi connectivity index (χ0n) is 12.3. The van der Waals surface area contributed by atoms with Crippen molar-refractivity contribution in [3.8, 4) is 0 Å². The van der Waals surface area contributed by atoms with E-state index in [4.69, 9.17) is 0 Å². The van der Waals surface area contributed by atoms with E-state index in [9.17, 15) is 4.79 Å². The Morgan fingerprint density at radius 2 is 1.90 bits per heavy atom. The van der Waals surface area contributed by atoms with Gasteiger partial charge in [0.05, 0.1) is 5.52 Å². The number of aryl methyl sites for hydroxylation is 1. The van der Waals surface area contributed by atoms with E-state index in [-0.39, 0.29) is 5.56 Å². The molecule has 0 spiro atoms. The maximum atomic E-state index is 12.1. The lowest BCUT2D eigenvalue weighted by Crippen LogP contribution is -2.43. The van der Waals surface area contributed by atoms with Crippen LogP contribution < -0.4 is 16.2 Å². The molecular formula is C17H21N3O. The topological polar surface area (TPSA) is 46.1 Å². The molecule has 0 amide bonds. The molecule has 21 heavy (non-hydrogen) atoms. The molecule has 110 valence electrons. The van der Waals surface area contributed by atoms with E-state index in [2.05, 4.69) is 16.7 Å². The fourth-order valence-electron chi connectivity index (χ4n) is 3.93. The zero-order chi connectivity index (χ0) is 14.4. The summed E-state index contributed by atoms with van der Waals surface area (Å²) in [6.45, 7) is 0. The summed E-state index contributed by atoms with van der Waals surface area (Å²) in [6, 6.07) is 11.6.